The Labute approximate surface area is 179 Å². The van der Waals surface area contributed by atoms with Crippen molar-refractivity contribution < 1.29 is 31.1 Å². The molecule has 0 amide bonds. The van der Waals surface area contributed by atoms with E-state index in [0.717, 1.165) is 0 Å². The van der Waals surface area contributed by atoms with Gasteiger partial charge in [-0.1, -0.05) is 18.2 Å². The lowest BCUT2D eigenvalue weighted by atomic mass is 10.0. The van der Waals surface area contributed by atoms with Gasteiger partial charge < -0.3 is 10.1 Å². The van der Waals surface area contributed by atoms with Gasteiger partial charge in [0.2, 0.25) is 0 Å². The van der Waals surface area contributed by atoms with E-state index in [9.17, 15) is 26.3 Å². The molecule has 0 bridgehead atoms. The third-order valence-corrected chi connectivity index (χ3v) is 4.70. The molecule has 12 heteroatoms. The number of rotatable bonds is 7. The van der Waals surface area contributed by atoms with Gasteiger partial charge in [0.05, 0.1) is 17.7 Å². The lowest BCUT2D eigenvalue weighted by molar-refractivity contribution is -0.143. The van der Waals surface area contributed by atoms with Crippen LogP contribution >= 0.6 is 0 Å². The van der Waals surface area contributed by atoms with Gasteiger partial charge in [-0.25, -0.2) is 4.68 Å². The van der Waals surface area contributed by atoms with Gasteiger partial charge in [0.1, 0.15) is 12.4 Å². The topological polar surface area (TPSA) is 64.9 Å². The summed E-state index contributed by atoms with van der Waals surface area (Å²) in [7, 11) is 1.68. The van der Waals surface area contributed by atoms with Gasteiger partial charge in [-0.2, -0.15) is 26.3 Å². The molecule has 0 saturated heterocycles. The summed E-state index contributed by atoms with van der Waals surface area (Å²) in [4.78, 5) is 0. The standard InChI is InChI=1S/C20H19F6N5O/c1-12(27-10-18-28-29-30-31(18)2)16-5-3-4-6-17(16)32-11-13-7-14(19(21,22)23)9-15(8-13)20(24,25)26/h3-9,12,27H,10-11H2,1-2H3. The van der Waals surface area contributed by atoms with Gasteiger partial charge in [-0.3, -0.25) is 0 Å². The number of aryl methyl sites for hydroxylation is 1. The summed E-state index contributed by atoms with van der Waals surface area (Å²) in [5, 5.41) is 14.3. The van der Waals surface area contributed by atoms with Crippen LogP contribution in [0.25, 0.3) is 0 Å². The van der Waals surface area contributed by atoms with Gasteiger partial charge in [0.15, 0.2) is 5.82 Å². The van der Waals surface area contributed by atoms with Crippen LogP contribution in [-0.4, -0.2) is 20.2 Å². The molecule has 0 saturated carbocycles. The average Bonchev–Trinajstić information content (AvgIpc) is 3.14. The summed E-state index contributed by atoms with van der Waals surface area (Å²) in [5.41, 5.74) is -2.34. The maximum Gasteiger partial charge on any atom is 0.416 e. The molecule has 3 aromatic rings. The van der Waals surface area contributed by atoms with E-state index in [-0.39, 0.29) is 17.7 Å². The minimum absolute atomic E-state index is 0.0881. The van der Waals surface area contributed by atoms with Crippen molar-refractivity contribution in [1.82, 2.24) is 25.5 Å². The van der Waals surface area contributed by atoms with Crippen LogP contribution in [0, 0.1) is 0 Å². The highest BCUT2D eigenvalue weighted by molar-refractivity contribution is 5.37. The Bertz CT molecular complexity index is 1030. The number of nitrogens with one attached hydrogen (secondary N) is 1. The Balaban J connectivity index is 1.78. The summed E-state index contributed by atoms with van der Waals surface area (Å²) >= 11 is 0. The number of hydrogen-bond acceptors (Lipinski definition) is 5. The minimum Gasteiger partial charge on any atom is -0.489 e. The van der Waals surface area contributed by atoms with E-state index in [2.05, 4.69) is 20.8 Å². The zero-order valence-electron chi connectivity index (χ0n) is 17.0. The summed E-state index contributed by atoms with van der Waals surface area (Å²) < 4.78 is 85.5. The van der Waals surface area contributed by atoms with E-state index in [0.29, 0.717) is 35.8 Å². The fourth-order valence-electron chi connectivity index (χ4n) is 2.99. The molecule has 172 valence electrons. The monoisotopic (exact) mass is 459 g/mol. The average molecular weight is 459 g/mol. The second kappa shape index (κ2) is 9.15. The van der Waals surface area contributed by atoms with Gasteiger partial charge in [0.25, 0.3) is 0 Å². The van der Waals surface area contributed by atoms with Crippen LogP contribution < -0.4 is 10.1 Å². The third-order valence-electron chi connectivity index (χ3n) is 4.70. The predicted molar refractivity (Wildman–Crippen MR) is 101 cm³/mol. The largest absolute Gasteiger partial charge is 0.489 e. The van der Waals surface area contributed by atoms with E-state index in [4.69, 9.17) is 4.74 Å². The van der Waals surface area contributed by atoms with Crippen LogP contribution in [0.1, 0.15) is 41.0 Å². The lowest BCUT2D eigenvalue weighted by Crippen LogP contribution is -2.21. The number of para-hydroxylation sites is 1. The highest BCUT2D eigenvalue weighted by atomic mass is 19.4. The normalized spacial score (nSPS) is 13.2. The molecule has 1 atom stereocenters. The van der Waals surface area contributed by atoms with Crippen molar-refractivity contribution in [2.75, 3.05) is 0 Å². The van der Waals surface area contributed by atoms with Crippen LogP contribution in [-0.2, 0) is 32.6 Å². The van der Waals surface area contributed by atoms with E-state index < -0.39 is 30.1 Å². The Morgan fingerprint density at radius 1 is 1.00 bits per heavy atom. The Morgan fingerprint density at radius 3 is 2.19 bits per heavy atom. The molecule has 0 aliphatic carbocycles. The summed E-state index contributed by atoms with van der Waals surface area (Å²) in [5.74, 6) is 0.911. The lowest BCUT2D eigenvalue weighted by Gasteiger charge is -2.19. The SMILES string of the molecule is CC(NCc1nnnn1C)c1ccccc1OCc1cc(C(F)(F)F)cc(C(F)(F)F)c1. The van der Waals surface area contributed by atoms with Gasteiger partial charge in [-0.15, -0.1) is 5.10 Å². The van der Waals surface area contributed by atoms with Gasteiger partial charge in [-0.05, 0) is 47.2 Å². The fraction of sp³-hybridized carbons (Fsp3) is 0.350. The summed E-state index contributed by atoms with van der Waals surface area (Å²) in [6, 6.07) is 7.87. The minimum atomic E-state index is -4.92. The number of aromatic nitrogens is 4. The number of alkyl halides is 6. The van der Waals surface area contributed by atoms with E-state index in [1.807, 2.05) is 6.92 Å². The number of tetrazole rings is 1. The molecule has 32 heavy (non-hydrogen) atoms. The van der Waals surface area contributed by atoms with E-state index >= 15 is 0 Å². The summed E-state index contributed by atoms with van der Waals surface area (Å²) in [6.45, 7) is 1.70. The quantitative estimate of drug-likeness (QED) is 0.520. The van der Waals surface area contributed by atoms with Crippen LogP contribution in [0.5, 0.6) is 5.75 Å². The maximum absolute atomic E-state index is 13.1. The van der Waals surface area contributed by atoms with Crippen molar-refractivity contribution in [3.8, 4) is 5.75 Å². The van der Waals surface area contributed by atoms with Crippen LogP contribution in [0.3, 0.4) is 0 Å². The molecule has 2 aromatic carbocycles. The Morgan fingerprint density at radius 2 is 1.62 bits per heavy atom. The molecule has 0 aliphatic rings. The van der Waals surface area contributed by atoms with Gasteiger partial charge in [0, 0.05) is 18.7 Å². The fourth-order valence-corrected chi connectivity index (χ4v) is 2.99. The summed E-state index contributed by atoms with van der Waals surface area (Å²) in [6.07, 6.45) is -9.83. The molecule has 0 aliphatic heterocycles. The second-order valence-corrected chi connectivity index (χ2v) is 7.06. The first-order valence-electron chi connectivity index (χ1n) is 9.40. The molecule has 1 heterocycles. The van der Waals surface area contributed by atoms with Crippen LogP contribution in [0.15, 0.2) is 42.5 Å². The zero-order valence-corrected chi connectivity index (χ0v) is 17.0. The van der Waals surface area contributed by atoms with Crippen molar-refractivity contribution in [3.05, 3.63) is 70.5 Å². The van der Waals surface area contributed by atoms with Crippen LogP contribution in [0.2, 0.25) is 0 Å². The number of ether oxygens (including phenoxy) is 1. The molecule has 1 unspecified atom stereocenters. The van der Waals surface area contributed by atoms with Crippen molar-refractivity contribution >= 4 is 0 Å². The molecular weight excluding hydrogens is 440 g/mol. The highest BCUT2D eigenvalue weighted by Gasteiger charge is 2.36. The Kier molecular flexibility index (Phi) is 6.72. The molecule has 1 aromatic heterocycles. The molecule has 0 spiro atoms. The molecule has 3 rings (SSSR count). The van der Waals surface area contributed by atoms with Crippen molar-refractivity contribution in [1.29, 1.82) is 0 Å². The smallest absolute Gasteiger partial charge is 0.416 e. The Hall–Kier alpha value is -3.15. The predicted octanol–water partition coefficient (Wildman–Crippen LogP) is 4.68. The molecule has 0 radical (unpaired) electrons. The number of benzene rings is 2. The van der Waals surface area contributed by atoms with Crippen LogP contribution in [0.4, 0.5) is 26.3 Å². The maximum atomic E-state index is 13.1. The molecule has 6 nitrogen and oxygen atoms in total. The molecular formula is C20H19F6N5O. The first-order valence-corrected chi connectivity index (χ1v) is 9.40. The highest BCUT2D eigenvalue weighted by Crippen LogP contribution is 2.36. The number of nitrogens with zero attached hydrogens (tertiary/aromatic N) is 4. The second-order valence-electron chi connectivity index (χ2n) is 7.06. The van der Waals surface area contributed by atoms with E-state index in [1.165, 1.54) is 4.68 Å². The third kappa shape index (κ3) is 5.75. The van der Waals surface area contributed by atoms with Crippen molar-refractivity contribution in [3.63, 3.8) is 0 Å². The van der Waals surface area contributed by atoms with E-state index in [1.54, 1.807) is 31.3 Å². The first kappa shape index (κ1) is 23.5. The van der Waals surface area contributed by atoms with Gasteiger partial charge >= 0.3 is 12.4 Å². The first-order chi connectivity index (χ1) is 14.9. The van der Waals surface area contributed by atoms with Crippen molar-refractivity contribution in [2.45, 2.75) is 38.5 Å². The number of hydrogen-bond donors (Lipinski definition) is 1. The zero-order chi connectivity index (χ0) is 23.5. The molecule has 1 N–H and O–H groups in total. The molecule has 0 fully saturated rings. The van der Waals surface area contributed by atoms with Crippen molar-refractivity contribution in [2.24, 2.45) is 7.05 Å². The number of halogens is 6.